The summed E-state index contributed by atoms with van der Waals surface area (Å²) in [6.45, 7) is 0.430. The van der Waals surface area contributed by atoms with Gasteiger partial charge in [-0.1, -0.05) is 15.9 Å². The molecule has 0 aromatic heterocycles. The van der Waals surface area contributed by atoms with Crippen molar-refractivity contribution >= 4 is 27.8 Å². The Hall–Kier alpha value is -1.43. The molecule has 0 heterocycles. The molecule has 0 unspecified atom stereocenters. The highest BCUT2D eigenvalue weighted by Gasteiger charge is 2.07. The second kappa shape index (κ2) is 7.89. The molecule has 0 saturated heterocycles. The third-order valence-electron chi connectivity index (χ3n) is 2.50. The second-order valence-corrected chi connectivity index (χ2v) is 4.97. The Morgan fingerprint density at radius 2 is 2.05 bits per heavy atom. The number of nitrogens with one attached hydrogen (secondary N) is 1. The van der Waals surface area contributed by atoms with Crippen molar-refractivity contribution in [2.75, 3.05) is 6.54 Å². The summed E-state index contributed by atoms with van der Waals surface area (Å²) in [6, 6.07) is 4.19. The highest BCUT2D eigenvalue weighted by molar-refractivity contribution is 9.10. The molecule has 1 aromatic rings. The minimum atomic E-state index is -0.838. The summed E-state index contributed by atoms with van der Waals surface area (Å²) in [5.74, 6) is -1.43. The van der Waals surface area contributed by atoms with Crippen molar-refractivity contribution in [3.05, 3.63) is 34.1 Å². The van der Waals surface area contributed by atoms with Gasteiger partial charge in [-0.25, -0.2) is 4.39 Å². The van der Waals surface area contributed by atoms with Gasteiger partial charge in [-0.15, -0.1) is 0 Å². The van der Waals surface area contributed by atoms with Gasteiger partial charge in [0.2, 0.25) is 5.91 Å². The van der Waals surface area contributed by atoms with Gasteiger partial charge in [0, 0.05) is 17.4 Å². The van der Waals surface area contributed by atoms with Gasteiger partial charge in [-0.2, -0.15) is 0 Å². The number of amides is 1. The molecule has 0 aliphatic rings. The number of carboxylic acid groups (broad SMARTS) is 1. The zero-order valence-corrected chi connectivity index (χ0v) is 11.9. The Bertz CT molecular complexity index is 465. The summed E-state index contributed by atoms with van der Waals surface area (Å²) in [4.78, 5) is 21.9. The van der Waals surface area contributed by atoms with Crippen LogP contribution in [0.15, 0.2) is 22.7 Å². The largest absolute Gasteiger partial charge is 0.481 e. The van der Waals surface area contributed by atoms with Crippen LogP contribution in [0.3, 0.4) is 0 Å². The third kappa shape index (κ3) is 6.33. The second-order valence-electron chi connectivity index (χ2n) is 4.11. The van der Waals surface area contributed by atoms with Crippen LogP contribution in [0.5, 0.6) is 0 Å². The molecule has 1 amide bonds. The first-order chi connectivity index (χ1) is 8.99. The Balaban J connectivity index is 2.31. The topological polar surface area (TPSA) is 66.4 Å². The van der Waals surface area contributed by atoms with E-state index in [4.69, 9.17) is 5.11 Å². The fourth-order valence-electron chi connectivity index (χ4n) is 1.54. The number of carboxylic acids is 1. The Morgan fingerprint density at radius 1 is 1.32 bits per heavy atom. The fourth-order valence-corrected chi connectivity index (χ4v) is 1.93. The van der Waals surface area contributed by atoms with Gasteiger partial charge in [-0.3, -0.25) is 9.59 Å². The molecule has 104 valence electrons. The van der Waals surface area contributed by atoms with Gasteiger partial charge in [0.05, 0.1) is 6.42 Å². The molecule has 0 aliphatic heterocycles. The highest BCUT2D eigenvalue weighted by Crippen LogP contribution is 2.18. The van der Waals surface area contributed by atoms with E-state index in [0.29, 0.717) is 29.4 Å². The zero-order chi connectivity index (χ0) is 14.3. The van der Waals surface area contributed by atoms with Crippen LogP contribution in [0.2, 0.25) is 0 Å². The summed E-state index contributed by atoms with van der Waals surface area (Å²) in [5.41, 5.74) is 0.586. The zero-order valence-electron chi connectivity index (χ0n) is 10.3. The maximum absolute atomic E-state index is 13.0. The van der Waals surface area contributed by atoms with Gasteiger partial charge in [-0.05, 0) is 36.6 Å². The van der Waals surface area contributed by atoms with Crippen molar-refractivity contribution in [1.29, 1.82) is 0 Å². The normalized spacial score (nSPS) is 10.2. The number of carbonyl (C=O) groups excluding carboxylic acids is 1. The average Bonchev–Trinajstić information content (AvgIpc) is 2.33. The number of hydrogen-bond donors (Lipinski definition) is 2. The first-order valence-electron chi connectivity index (χ1n) is 5.91. The molecular weight excluding hydrogens is 317 g/mol. The molecule has 0 atom stereocenters. The van der Waals surface area contributed by atoms with Gasteiger partial charge in [0.25, 0.3) is 0 Å². The summed E-state index contributed by atoms with van der Waals surface area (Å²) in [7, 11) is 0. The Labute approximate surface area is 119 Å². The highest BCUT2D eigenvalue weighted by atomic mass is 79.9. The van der Waals surface area contributed by atoms with Crippen molar-refractivity contribution in [2.24, 2.45) is 0 Å². The maximum atomic E-state index is 13.0. The van der Waals surface area contributed by atoms with E-state index >= 15 is 0 Å². The molecule has 1 aromatic carbocycles. The van der Waals surface area contributed by atoms with Crippen LogP contribution >= 0.6 is 15.9 Å². The van der Waals surface area contributed by atoms with Crippen LogP contribution in [0.25, 0.3) is 0 Å². The first kappa shape index (κ1) is 15.6. The average molecular weight is 332 g/mol. The van der Waals surface area contributed by atoms with E-state index in [1.807, 2.05) is 0 Å². The summed E-state index contributed by atoms with van der Waals surface area (Å²) in [6.07, 6.45) is 1.34. The minimum Gasteiger partial charge on any atom is -0.481 e. The number of aliphatic carboxylic acids is 1. The fraction of sp³-hybridized carbons (Fsp3) is 0.385. The van der Waals surface area contributed by atoms with E-state index in [2.05, 4.69) is 21.2 Å². The molecule has 0 fully saturated rings. The number of hydrogen-bond acceptors (Lipinski definition) is 2. The van der Waals surface area contributed by atoms with E-state index in [1.165, 1.54) is 12.1 Å². The summed E-state index contributed by atoms with van der Waals surface area (Å²) in [5, 5.41) is 11.1. The lowest BCUT2D eigenvalue weighted by atomic mass is 10.1. The van der Waals surface area contributed by atoms with Crippen molar-refractivity contribution in [2.45, 2.75) is 25.7 Å². The summed E-state index contributed by atoms with van der Waals surface area (Å²) >= 11 is 3.26. The van der Waals surface area contributed by atoms with Crippen molar-refractivity contribution < 1.29 is 19.1 Å². The predicted octanol–water partition coefficient (Wildman–Crippen LogP) is 2.50. The van der Waals surface area contributed by atoms with Crippen LogP contribution in [0.1, 0.15) is 24.8 Å². The lowest BCUT2D eigenvalue weighted by Gasteiger charge is -2.06. The van der Waals surface area contributed by atoms with Crippen LogP contribution in [0, 0.1) is 5.82 Å². The number of benzene rings is 1. The molecule has 0 aliphatic carbocycles. The number of carbonyl (C=O) groups is 2. The molecular formula is C13H15BrFNO3. The van der Waals surface area contributed by atoms with Gasteiger partial charge >= 0.3 is 5.97 Å². The Kier molecular flexibility index (Phi) is 6.49. The number of unbranched alkanes of at least 4 members (excludes halogenated alkanes) is 1. The van der Waals surface area contributed by atoms with E-state index in [0.717, 1.165) is 0 Å². The molecule has 19 heavy (non-hydrogen) atoms. The van der Waals surface area contributed by atoms with E-state index in [1.54, 1.807) is 6.07 Å². The summed E-state index contributed by atoms with van der Waals surface area (Å²) < 4.78 is 13.7. The van der Waals surface area contributed by atoms with Crippen molar-refractivity contribution in [3.8, 4) is 0 Å². The van der Waals surface area contributed by atoms with Gasteiger partial charge in [0.15, 0.2) is 0 Å². The van der Waals surface area contributed by atoms with Crippen LogP contribution in [0.4, 0.5) is 4.39 Å². The molecule has 0 spiro atoms. The molecule has 2 N–H and O–H groups in total. The lowest BCUT2D eigenvalue weighted by molar-refractivity contribution is -0.137. The van der Waals surface area contributed by atoms with E-state index < -0.39 is 5.97 Å². The molecule has 1 rings (SSSR count). The molecule has 0 radical (unpaired) electrons. The van der Waals surface area contributed by atoms with Gasteiger partial charge < -0.3 is 10.4 Å². The standard InChI is InChI=1S/C13H15BrFNO3/c14-11-5-4-10(15)7-9(11)8-12(17)16-6-2-1-3-13(18)19/h4-5,7H,1-3,6,8H2,(H,16,17)(H,18,19). The molecule has 0 bridgehead atoms. The van der Waals surface area contributed by atoms with Crippen LogP contribution in [-0.2, 0) is 16.0 Å². The number of rotatable bonds is 7. The molecule has 0 saturated carbocycles. The molecule has 4 nitrogen and oxygen atoms in total. The molecule has 6 heteroatoms. The minimum absolute atomic E-state index is 0.0945. The van der Waals surface area contributed by atoms with Crippen LogP contribution < -0.4 is 5.32 Å². The van der Waals surface area contributed by atoms with Crippen molar-refractivity contribution in [3.63, 3.8) is 0 Å². The quantitative estimate of drug-likeness (QED) is 0.754. The van der Waals surface area contributed by atoms with E-state index in [-0.39, 0.29) is 24.6 Å². The van der Waals surface area contributed by atoms with Gasteiger partial charge in [0.1, 0.15) is 5.82 Å². The monoisotopic (exact) mass is 331 g/mol. The SMILES string of the molecule is O=C(O)CCCCNC(=O)Cc1cc(F)ccc1Br. The third-order valence-corrected chi connectivity index (χ3v) is 3.27. The van der Waals surface area contributed by atoms with Crippen LogP contribution in [-0.4, -0.2) is 23.5 Å². The maximum Gasteiger partial charge on any atom is 0.303 e. The predicted molar refractivity (Wildman–Crippen MR) is 72.3 cm³/mol. The first-order valence-corrected chi connectivity index (χ1v) is 6.71. The number of halogens is 2. The lowest BCUT2D eigenvalue weighted by Crippen LogP contribution is -2.26. The smallest absolute Gasteiger partial charge is 0.303 e. The van der Waals surface area contributed by atoms with Crippen molar-refractivity contribution in [1.82, 2.24) is 5.32 Å². The Morgan fingerprint density at radius 3 is 2.74 bits per heavy atom. The van der Waals surface area contributed by atoms with E-state index in [9.17, 15) is 14.0 Å².